The van der Waals surface area contributed by atoms with E-state index < -0.39 is 71.2 Å². The molecule has 1 saturated heterocycles. The van der Waals surface area contributed by atoms with Gasteiger partial charge in [-0.25, -0.2) is 0 Å². The van der Waals surface area contributed by atoms with E-state index in [2.05, 4.69) is 56.4 Å². The zero-order valence-corrected chi connectivity index (χ0v) is 41.4. The maximum atomic E-state index is 12.8. The molecule has 1 aliphatic rings. The fourth-order valence-electron chi connectivity index (χ4n) is 7.60. The van der Waals surface area contributed by atoms with Crippen LogP contribution in [0.5, 0.6) is 0 Å². The van der Waals surface area contributed by atoms with Crippen molar-refractivity contribution in [1.29, 1.82) is 0 Å². The van der Waals surface area contributed by atoms with Crippen molar-refractivity contribution in [2.75, 3.05) is 19.0 Å². The third-order valence-corrected chi connectivity index (χ3v) is 12.4. The largest absolute Gasteiger partial charge is 0.462 e. The standard InChI is InChI=1S/C52H92O12S/c1-3-5-7-9-11-13-15-17-19-20-21-22-23-24-25-26-27-29-31-33-35-37-39-41-48(54)63-45(43-62-52-51(57)50(56)49(55)46(64-52)44-65(58,59)60)42-61-47(53)40-38-36-34-32-30-28-18-16-14-12-10-8-6-4-2/h10,12,16,18,26-27,33,35,45-46,49-52,55-57H,3-9,11,13-15,17,19-25,28-32,34,36-44H2,1-2H3,(H,58,59,60)/b12-10+,18-16+,27-26+,35-33+/t45-,46-,49-,50?,51?,52+/m1/s1. The monoisotopic (exact) mass is 941 g/mol. The average molecular weight is 941 g/mol. The molecule has 1 aliphatic heterocycles. The molecule has 0 aromatic rings. The molecule has 0 aliphatic carbocycles. The van der Waals surface area contributed by atoms with Gasteiger partial charge >= 0.3 is 11.9 Å². The number of allylic oxidation sites excluding steroid dienone is 8. The zero-order valence-electron chi connectivity index (χ0n) is 40.6. The lowest BCUT2D eigenvalue weighted by Gasteiger charge is -2.40. The van der Waals surface area contributed by atoms with Crippen molar-refractivity contribution in [2.24, 2.45) is 0 Å². The number of aliphatic hydroxyl groups excluding tert-OH is 3. The van der Waals surface area contributed by atoms with Crippen LogP contribution in [0.4, 0.5) is 0 Å². The highest BCUT2D eigenvalue weighted by atomic mass is 32.2. The summed E-state index contributed by atoms with van der Waals surface area (Å²) < 4.78 is 54.1. The number of rotatable bonds is 43. The highest BCUT2D eigenvalue weighted by molar-refractivity contribution is 7.85. The number of hydrogen-bond acceptors (Lipinski definition) is 11. The Bertz CT molecular complexity index is 1380. The van der Waals surface area contributed by atoms with E-state index in [0.29, 0.717) is 19.3 Å². The van der Waals surface area contributed by atoms with Gasteiger partial charge in [-0.1, -0.05) is 178 Å². The predicted molar refractivity (Wildman–Crippen MR) is 261 cm³/mol. The maximum Gasteiger partial charge on any atom is 0.306 e. The van der Waals surface area contributed by atoms with Gasteiger partial charge in [0.15, 0.2) is 12.4 Å². The quantitative estimate of drug-likeness (QED) is 0.0196. The van der Waals surface area contributed by atoms with Crippen molar-refractivity contribution >= 4 is 22.1 Å². The summed E-state index contributed by atoms with van der Waals surface area (Å²) in [6, 6.07) is 0. The van der Waals surface area contributed by atoms with Crippen molar-refractivity contribution in [2.45, 2.75) is 250 Å². The fraction of sp³-hybridized carbons (Fsp3) is 0.808. The minimum atomic E-state index is -4.61. The molecule has 378 valence electrons. The molecule has 0 spiro atoms. The minimum absolute atomic E-state index is 0.101. The van der Waals surface area contributed by atoms with Crippen LogP contribution in [0.25, 0.3) is 0 Å². The van der Waals surface area contributed by atoms with Crippen LogP contribution in [-0.2, 0) is 38.7 Å². The van der Waals surface area contributed by atoms with E-state index in [-0.39, 0.29) is 19.4 Å². The average Bonchev–Trinajstić information content (AvgIpc) is 3.27. The van der Waals surface area contributed by atoms with Crippen LogP contribution >= 0.6 is 0 Å². The van der Waals surface area contributed by atoms with Gasteiger partial charge in [-0.2, -0.15) is 8.42 Å². The Kier molecular flexibility index (Phi) is 39.0. The smallest absolute Gasteiger partial charge is 0.306 e. The Morgan fingerprint density at radius 3 is 1.51 bits per heavy atom. The fourth-order valence-corrected chi connectivity index (χ4v) is 8.29. The summed E-state index contributed by atoms with van der Waals surface area (Å²) in [6.45, 7) is 3.70. The van der Waals surface area contributed by atoms with Gasteiger partial charge in [0.05, 0.1) is 6.61 Å². The van der Waals surface area contributed by atoms with Crippen molar-refractivity contribution in [3.63, 3.8) is 0 Å². The number of carbonyl (C=O) groups is 2. The predicted octanol–water partition coefficient (Wildman–Crippen LogP) is 11.5. The van der Waals surface area contributed by atoms with E-state index in [9.17, 15) is 37.9 Å². The van der Waals surface area contributed by atoms with Gasteiger partial charge in [-0.3, -0.25) is 14.1 Å². The molecule has 1 heterocycles. The SMILES string of the molecule is CCCC/C=C/C/C=C/CCCCCCCC(=O)OC[C@H](CO[C@H]1O[C@H](CS(=O)(=O)O)[C@@H](O)C(O)C1O)OC(=O)CCC/C=C/CC/C=C/CCCCCCCCCCCCCCCC. The first kappa shape index (κ1) is 60.6. The van der Waals surface area contributed by atoms with Crippen molar-refractivity contribution in [3.05, 3.63) is 48.6 Å². The maximum absolute atomic E-state index is 12.8. The molecule has 1 rings (SSSR count). The first-order valence-electron chi connectivity index (χ1n) is 25.7. The van der Waals surface area contributed by atoms with Crippen LogP contribution in [0.15, 0.2) is 48.6 Å². The first-order valence-corrected chi connectivity index (χ1v) is 27.3. The number of carbonyl (C=O) groups excluding carboxylic acids is 2. The number of aliphatic hydroxyl groups is 3. The molecule has 1 fully saturated rings. The number of esters is 2. The third kappa shape index (κ3) is 36.3. The molecule has 0 aromatic heterocycles. The molecular formula is C52H92O12S. The molecule has 0 radical (unpaired) electrons. The molecule has 0 saturated carbocycles. The lowest BCUT2D eigenvalue weighted by molar-refractivity contribution is -0.297. The van der Waals surface area contributed by atoms with Crippen molar-refractivity contribution in [3.8, 4) is 0 Å². The molecule has 65 heavy (non-hydrogen) atoms. The van der Waals surface area contributed by atoms with Crippen LogP contribution in [-0.4, -0.2) is 96.0 Å². The summed E-state index contributed by atoms with van der Waals surface area (Å²) in [5, 5.41) is 30.9. The van der Waals surface area contributed by atoms with E-state index >= 15 is 0 Å². The van der Waals surface area contributed by atoms with Crippen LogP contribution in [0.2, 0.25) is 0 Å². The van der Waals surface area contributed by atoms with Gasteiger partial charge in [0, 0.05) is 12.8 Å². The Morgan fingerprint density at radius 2 is 0.969 bits per heavy atom. The molecular weight excluding hydrogens is 849 g/mol. The van der Waals surface area contributed by atoms with Gasteiger partial charge in [-0.15, -0.1) is 0 Å². The Hall–Kier alpha value is -2.39. The summed E-state index contributed by atoms with van der Waals surface area (Å²) >= 11 is 0. The van der Waals surface area contributed by atoms with E-state index in [1.165, 1.54) is 103 Å². The van der Waals surface area contributed by atoms with Gasteiger partial charge in [0.1, 0.15) is 36.8 Å². The lowest BCUT2D eigenvalue weighted by atomic mass is 10.00. The molecule has 0 bridgehead atoms. The summed E-state index contributed by atoms with van der Waals surface area (Å²) in [7, 11) is -4.61. The molecule has 13 heteroatoms. The number of hydrogen-bond donors (Lipinski definition) is 4. The van der Waals surface area contributed by atoms with Gasteiger partial charge in [0.2, 0.25) is 0 Å². The highest BCUT2D eigenvalue weighted by Gasteiger charge is 2.46. The second-order valence-electron chi connectivity index (χ2n) is 17.8. The van der Waals surface area contributed by atoms with Gasteiger partial charge < -0.3 is 34.3 Å². The Balaban J connectivity index is 2.39. The normalized spacial score (nSPS) is 19.9. The highest BCUT2D eigenvalue weighted by Crippen LogP contribution is 2.24. The summed E-state index contributed by atoms with van der Waals surface area (Å²) in [6.07, 6.45) is 41.7. The second-order valence-corrected chi connectivity index (χ2v) is 19.3. The molecule has 4 N–H and O–H groups in total. The molecule has 2 unspecified atom stereocenters. The van der Waals surface area contributed by atoms with E-state index in [1.807, 2.05) is 6.08 Å². The minimum Gasteiger partial charge on any atom is -0.462 e. The third-order valence-electron chi connectivity index (χ3n) is 11.6. The topological polar surface area (TPSA) is 186 Å². The van der Waals surface area contributed by atoms with Crippen LogP contribution < -0.4 is 0 Å². The Labute approximate surface area is 394 Å². The second kappa shape index (κ2) is 41.8. The zero-order chi connectivity index (χ0) is 47.6. The van der Waals surface area contributed by atoms with Crippen LogP contribution in [0, 0.1) is 0 Å². The van der Waals surface area contributed by atoms with E-state index in [1.54, 1.807) is 0 Å². The first-order chi connectivity index (χ1) is 31.5. The van der Waals surface area contributed by atoms with Crippen LogP contribution in [0.1, 0.15) is 213 Å². The van der Waals surface area contributed by atoms with E-state index in [4.69, 9.17) is 18.9 Å². The van der Waals surface area contributed by atoms with Gasteiger partial charge in [-0.05, 0) is 70.6 Å². The van der Waals surface area contributed by atoms with Gasteiger partial charge in [0.25, 0.3) is 10.1 Å². The van der Waals surface area contributed by atoms with E-state index in [0.717, 1.165) is 64.2 Å². The summed E-state index contributed by atoms with van der Waals surface area (Å²) in [5.74, 6) is -2.05. The van der Waals surface area contributed by atoms with Crippen molar-refractivity contribution < 1.29 is 56.8 Å². The van der Waals surface area contributed by atoms with Crippen molar-refractivity contribution in [1.82, 2.24) is 0 Å². The molecule has 0 aromatic carbocycles. The number of ether oxygens (including phenoxy) is 4. The molecule has 12 nitrogen and oxygen atoms in total. The lowest BCUT2D eigenvalue weighted by Crippen LogP contribution is -2.60. The molecule has 6 atom stereocenters. The number of unbranched alkanes of at least 4 members (excludes halogenated alkanes) is 23. The van der Waals surface area contributed by atoms with Crippen LogP contribution in [0.3, 0.4) is 0 Å². The summed E-state index contributed by atoms with van der Waals surface area (Å²) in [5.41, 5.74) is 0. The summed E-state index contributed by atoms with van der Waals surface area (Å²) in [4.78, 5) is 25.5. The Morgan fingerprint density at radius 1 is 0.523 bits per heavy atom. The molecule has 0 amide bonds.